The van der Waals surface area contributed by atoms with Crippen LogP contribution in [0, 0.1) is 0 Å². The first-order chi connectivity index (χ1) is 14.1. The van der Waals surface area contributed by atoms with Crippen LogP contribution in [-0.4, -0.2) is 51.3 Å². The summed E-state index contributed by atoms with van der Waals surface area (Å²) < 4.78 is 8.18. The van der Waals surface area contributed by atoms with E-state index in [1.165, 1.54) is 11.3 Å². The number of fused-ring (bicyclic) bond motifs is 2. The van der Waals surface area contributed by atoms with Crippen molar-refractivity contribution in [1.82, 2.24) is 19.2 Å². The molecule has 0 saturated carbocycles. The average molecular weight is 473 g/mol. The molecule has 0 unspecified atom stereocenters. The maximum atomic E-state index is 12.9. The molecule has 1 aliphatic heterocycles. The summed E-state index contributed by atoms with van der Waals surface area (Å²) in [7, 11) is 0. The maximum absolute atomic E-state index is 12.9. The summed E-state index contributed by atoms with van der Waals surface area (Å²) in [4.78, 5) is 34.3. The highest BCUT2D eigenvalue weighted by Crippen LogP contribution is 2.27. The minimum atomic E-state index is -0.0934. The number of carbonyl (C=O) groups is 1. The van der Waals surface area contributed by atoms with E-state index >= 15 is 0 Å². The van der Waals surface area contributed by atoms with Crippen LogP contribution in [0.2, 0.25) is 0 Å². The average Bonchev–Trinajstić information content (AvgIpc) is 3.36. The summed E-state index contributed by atoms with van der Waals surface area (Å²) in [6, 6.07) is 9.12. The van der Waals surface area contributed by atoms with Gasteiger partial charge < -0.3 is 9.32 Å². The predicted molar refractivity (Wildman–Crippen MR) is 114 cm³/mol. The van der Waals surface area contributed by atoms with E-state index in [2.05, 4.69) is 25.8 Å². The summed E-state index contributed by atoms with van der Waals surface area (Å²) >= 11 is 4.91. The van der Waals surface area contributed by atoms with Crippen molar-refractivity contribution in [2.75, 3.05) is 26.2 Å². The van der Waals surface area contributed by atoms with Crippen molar-refractivity contribution in [2.24, 2.45) is 0 Å². The van der Waals surface area contributed by atoms with Gasteiger partial charge in [-0.05, 0) is 28.1 Å². The number of hydrogen-bond acceptors (Lipinski definition) is 6. The van der Waals surface area contributed by atoms with Crippen LogP contribution in [0.3, 0.4) is 0 Å². The topological polar surface area (TPSA) is 71.1 Å². The molecule has 148 valence electrons. The molecule has 29 heavy (non-hydrogen) atoms. The Morgan fingerprint density at radius 2 is 2.03 bits per heavy atom. The van der Waals surface area contributed by atoms with Crippen molar-refractivity contribution in [1.29, 1.82) is 0 Å². The molecule has 4 heterocycles. The van der Waals surface area contributed by atoms with E-state index < -0.39 is 0 Å². The fourth-order valence-electron chi connectivity index (χ4n) is 3.60. The number of aromatic nitrogens is 2. The Bertz CT molecular complexity index is 1270. The van der Waals surface area contributed by atoms with Crippen molar-refractivity contribution in [2.45, 2.75) is 6.54 Å². The van der Waals surface area contributed by atoms with Gasteiger partial charge in [0.25, 0.3) is 11.5 Å². The van der Waals surface area contributed by atoms with E-state index in [1.807, 2.05) is 28.5 Å². The molecule has 0 radical (unpaired) electrons. The SMILES string of the molecule is O=C(c1cc2cccc(Br)c2o1)N1CCN(Cc2cc(=O)n3ccsc3n2)CC1. The minimum Gasteiger partial charge on any atom is -0.450 e. The lowest BCUT2D eigenvalue weighted by Gasteiger charge is -2.34. The molecule has 0 bridgehead atoms. The molecule has 0 spiro atoms. The molecular weight excluding hydrogens is 456 g/mol. The van der Waals surface area contributed by atoms with Gasteiger partial charge in [-0.15, -0.1) is 11.3 Å². The lowest BCUT2D eigenvalue weighted by molar-refractivity contribution is 0.0598. The molecule has 3 aromatic heterocycles. The van der Waals surface area contributed by atoms with Crippen LogP contribution in [0.4, 0.5) is 0 Å². The van der Waals surface area contributed by atoms with Crippen LogP contribution in [0.5, 0.6) is 0 Å². The molecule has 7 nitrogen and oxygen atoms in total. The highest BCUT2D eigenvalue weighted by atomic mass is 79.9. The van der Waals surface area contributed by atoms with Gasteiger partial charge in [0.05, 0.1) is 10.2 Å². The fourth-order valence-corrected chi connectivity index (χ4v) is 4.80. The van der Waals surface area contributed by atoms with Gasteiger partial charge in [0.2, 0.25) is 0 Å². The van der Waals surface area contributed by atoms with Crippen molar-refractivity contribution >= 4 is 49.1 Å². The number of amides is 1. The summed E-state index contributed by atoms with van der Waals surface area (Å²) in [6.07, 6.45) is 1.74. The Hall–Kier alpha value is -2.49. The number of carbonyl (C=O) groups excluding carboxylic acids is 1. The number of benzene rings is 1. The van der Waals surface area contributed by atoms with E-state index in [9.17, 15) is 9.59 Å². The molecule has 1 fully saturated rings. The summed E-state index contributed by atoms with van der Waals surface area (Å²) in [5.41, 5.74) is 1.39. The lowest BCUT2D eigenvalue weighted by atomic mass is 10.2. The minimum absolute atomic E-state index is 0.0592. The second-order valence-electron chi connectivity index (χ2n) is 6.98. The van der Waals surface area contributed by atoms with Gasteiger partial charge in [-0.2, -0.15) is 0 Å². The predicted octanol–water partition coefficient (Wildman–Crippen LogP) is 3.22. The van der Waals surface area contributed by atoms with Gasteiger partial charge in [-0.25, -0.2) is 4.98 Å². The van der Waals surface area contributed by atoms with E-state index in [1.54, 1.807) is 22.7 Å². The Morgan fingerprint density at radius 1 is 1.21 bits per heavy atom. The zero-order valence-electron chi connectivity index (χ0n) is 15.4. The van der Waals surface area contributed by atoms with E-state index in [-0.39, 0.29) is 11.5 Å². The van der Waals surface area contributed by atoms with Gasteiger partial charge in [-0.1, -0.05) is 12.1 Å². The van der Waals surface area contributed by atoms with Crippen LogP contribution in [-0.2, 0) is 6.54 Å². The van der Waals surface area contributed by atoms with E-state index in [0.717, 1.165) is 28.6 Å². The number of piperazine rings is 1. The van der Waals surface area contributed by atoms with Crippen molar-refractivity contribution < 1.29 is 9.21 Å². The second kappa shape index (κ2) is 7.40. The first-order valence-corrected chi connectivity index (χ1v) is 10.9. The summed E-state index contributed by atoms with van der Waals surface area (Å²) in [5, 5.41) is 2.76. The molecule has 1 amide bonds. The smallest absolute Gasteiger partial charge is 0.289 e. The molecule has 0 aliphatic carbocycles. The van der Waals surface area contributed by atoms with Crippen LogP contribution in [0.15, 0.2) is 55.6 Å². The largest absolute Gasteiger partial charge is 0.450 e. The lowest BCUT2D eigenvalue weighted by Crippen LogP contribution is -2.48. The highest BCUT2D eigenvalue weighted by molar-refractivity contribution is 9.10. The molecule has 0 N–H and O–H groups in total. The molecular formula is C20H17BrN4O3S. The zero-order valence-corrected chi connectivity index (χ0v) is 17.8. The van der Waals surface area contributed by atoms with Crippen molar-refractivity contribution in [3.8, 4) is 0 Å². The van der Waals surface area contributed by atoms with Crippen molar-refractivity contribution in [3.05, 3.63) is 68.2 Å². The third-order valence-electron chi connectivity index (χ3n) is 5.11. The van der Waals surface area contributed by atoms with Crippen molar-refractivity contribution in [3.63, 3.8) is 0 Å². The summed E-state index contributed by atoms with van der Waals surface area (Å²) in [5.74, 6) is 0.266. The summed E-state index contributed by atoms with van der Waals surface area (Å²) in [6.45, 7) is 3.26. The molecule has 4 aromatic rings. The van der Waals surface area contributed by atoms with E-state index in [4.69, 9.17) is 4.42 Å². The van der Waals surface area contributed by atoms with E-state index in [0.29, 0.717) is 35.9 Å². The normalized spacial score (nSPS) is 15.4. The third-order valence-corrected chi connectivity index (χ3v) is 6.49. The van der Waals surface area contributed by atoms with Gasteiger partial charge in [0.15, 0.2) is 10.7 Å². The van der Waals surface area contributed by atoms with Crippen LogP contribution in [0.25, 0.3) is 15.9 Å². The quantitative estimate of drug-likeness (QED) is 0.457. The second-order valence-corrected chi connectivity index (χ2v) is 8.71. The number of hydrogen-bond donors (Lipinski definition) is 0. The number of nitrogens with zero attached hydrogens (tertiary/aromatic N) is 4. The molecule has 1 aliphatic rings. The monoisotopic (exact) mass is 472 g/mol. The number of rotatable bonds is 3. The van der Waals surface area contributed by atoms with Gasteiger partial charge in [0.1, 0.15) is 5.58 Å². The third kappa shape index (κ3) is 3.50. The van der Waals surface area contributed by atoms with Crippen LogP contribution < -0.4 is 5.56 Å². The molecule has 5 rings (SSSR count). The number of thiazole rings is 1. The first kappa shape index (κ1) is 18.5. The molecule has 0 atom stereocenters. The molecule has 1 saturated heterocycles. The Balaban J connectivity index is 1.26. The Kier molecular flexibility index (Phi) is 4.73. The van der Waals surface area contributed by atoms with Gasteiger partial charge in [-0.3, -0.25) is 18.9 Å². The fraction of sp³-hybridized carbons (Fsp3) is 0.250. The number of halogens is 1. The van der Waals surface area contributed by atoms with Crippen LogP contribution in [0.1, 0.15) is 16.2 Å². The standard InChI is InChI=1S/C20H17BrN4O3S/c21-15-3-1-2-13-10-16(28-18(13)15)19(27)24-6-4-23(5-7-24)12-14-11-17(26)25-8-9-29-20(25)22-14/h1-3,8-11H,4-7,12H2. The number of furan rings is 1. The van der Waals surface area contributed by atoms with Gasteiger partial charge in [0, 0.05) is 55.8 Å². The molecule has 1 aromatic carbocycles. The Morgan fingerprint density at radius 3 is 2.83 bits per heavy atom. The van der Waals surface area contributed by atoms with Gasteiger partial charge >= 0.3 is 0 Å². The molecule has 9 heteroatoms. The first-order valence-electron chi connectivity index (χ1n) is 9.24. The Labute approximate surface area is 178 Å². The zero-order chi connectivity index (χ0) is 20.0. The highest BCUT2D eigenvalue weighted by Gasteiger charge is 2.25. The van der Waals surface area contributed by atoms with Crippen LogP contribution >= 0.6 is 27.3 Å². The number of para-hydroxylation sites is 1. The maximum Gasteiger partial charge on any atom is 0.289 e.